The van der Waals surface area contributed by atoms with E-state index in [4.69, 9.17) is 5.11 Å². The number of amides is 2. The highest BCUT2D eigenvalue weighted by molar-refractivity contribution is 9.10. The molecular weight excluding hydrogens is 326 g/mol. The molecule has 20 heavy (non-hydrogen) atoms. The second-order valence-corrected chi connectivity index (χ2v) is 4.68. The molecule has 0 aliphatic heterocycles. The Hall–Kier alpha value is -2.41. The van der Waals surface area contributed by atoms with Crippen molar-refractivity contribution >= 4 is 39.3 Å². The maximum absolute atomic E-state index is 11.8. The second-order valence-electron chi connectivity index (χ2n) is 3.83. The summed E-state index contributed by atoms with van der Waals surface area (Å²) in [6.07, 6.45) is 2.57. The molecule has 102 valence electrons. The molecule has 1 aromatic heterocycles. The molecule has 7 heteroatoms. The van der Waals surface area contributed by atoms with Crippen LogP contribution in [0, 0.1) is 0 Å². The molecule has 0 unspecified atom stereocenters. The van der Waals surface area contributed by atoms with Gasteiger partial charge >= 0.3 is 12.0 Å². The minimum absolute atomic E-state index is 0.00342. The molecule has 0 fully saturated rings. The van der Waals surface area contributed by atoms with E-state index >= 15 is 0 Å². The smallest absolute Gasteiger partial charge is 0.337 e. The quantitative estimate of drug-likeness (QED) is 0.803. The third-order valence-corrected chi connectivity index (χ3v) is 3.06. The largest absolute Gasteiger partial charge is 0.478 e. The van der Waals surface area contributed by atoms with E-state index < -0.39 is 12.0 Å². The maximum Gasteiger partial charge on any atom is 0.337 e. The van der Waals surface area contributed by atoms with Gasteiger partial charge in [-0.25, -0.2) is 9.59 Å². The van der Waals surface area contributed by atoms with Crippen molar-refractivity contribution in [2.75, 3.05) is 10.6 Å². The summed E-state index contributed by atoms with van der Waals surface area (Å²) in [6.45, 7) is 0. The van der Waals surface area contributed by atoms with Crippen LogP contribution >= 0.6 is 15.9 Å². The fourth-order valence-electron chi connectivity index (χ4n) is 1.47. The molecular formula is C13H10BrN3O3. The van der Waals surface area contributed by atoms with Gasteiger partial charge in [-0.2, -0.15) is 0 Å². The predicted octanol–water partition coefficient (Wildman–Crippen LogP) is 3.19. The number of carboxylic acid groups (broad SMARTS) is 1. The monoisotopic (exact) mass is 335 g/mol. The molecule has 1 aromatic carbocycles. The van der Waals surface area contributed by atoms with Gasteiger partial charge in [-0.3, -0.25) is 4.98 Å². The summed E-state index contributed by atoms with van der Waals surface area (Å²) in [4.78, 5) is 26.3. The Kier molecular flexibility index (Phi) is 4.31. The van der Waals surface area contributed by atoms with Crippen molar-refractivity contribution in [3.05, 3.63) is 52.8 Å². The molecule has 0 atom stereocenters. The first-order valence-electron chi connectivity index (χ1n) is 5.57. The van der Waals surface area contributed by atoms with E-state index in [1.54, 1.807) is 18.2 Å². The standard InChI is InChI=1S/C13H10BrN3O3/c14-10-3-1-2-4-11(10)17-13(20)16-9-5-8(12(18)19)6-15-7-9/h1-7H,(H,18,19)(H2,16,17,20). The third-order valence-electron chi connectivity index (χ3n) is 2.37. The molecule has 2 rings (SSSR count). The van der Waals surface area contributed by atoms with Crippen LogP contribution in [-0.4, -0.2) is 22.1 Å². The van der Waals surface area contributed by atoms with Gasteiger partial charge in [-0.05, 0) is 34.1 Å². The summed E-state index contributed by atoms with van der Waals surface area (Å²) >= 11 is 3.31. The van der Waals surface area contributed by atoms with Gasteiger partial charge in [0.15, 0.2) is 0 Å². The van der Waals surface area contributed by atoms with E-state index in [1.807, 2.05) is 6.07 Å². The number of halogens is 1. The number of pyridine rings is 1. The summed E-state index contributed by atoms with van der Waals surface area (Å²) in [7, 11) is 0. The van der Waals surface area contributed by atoms with E-state index in [1.165, 1.54) is 18.5 Å². The van der Waals surface area contributed by atoms with Gasteiger partial charge in [0, 0.05) is 10.7 Å². The van der Waals surface area contributed by atoms with Gasteiger partial charge in [0.05, 0.1) is 23.1 Å². The topological polar surface area (TPSA) is 91.3 Å². The average molecular weight is 336 g/mol. The number of nitrogens with one attached hydrogen (secondary N) is 2. The fourth-order valence-corrected chi connectivity index (χ4v) is 1.86. The highest BCUT2D eigenvalue weighted by Crippen LogP contribution is 2.21. The number of carbonyl (C=O) groups excluding carboxylic acids is 1. The van der Waals surface area contributed by atoms with Gasteiger partial charge in [0.1, 0.15) is 0 Å². The highest BCUT2D eigenvalue weighted by atomic mass is 79.9. The Morgan fingerprint density at radius 2 is 1.90 bits per heavy atom. The zero-order valence-corrected chi connectivity index (χ0v) is 11.7. The molecule has 0 saturated heterocycles. The number of aromatic carboxylic acids is 1. The van der Waals surface area contributed by atoms with Crippen molar-refractivity contribution in [1.29, 1.82) is 0 Å². The number of anilines is 2. The van der Waals surface area contributed by atoms with E-state index in [2.05, 4.69) is 31.5 Å². The number of carboxylic acids is 1. The number of para-hydroxylation sites is 1. The second kappa shape index (κ2) is 6.16. The summed E-state index contributed by atoms with van der Waals surface area (Å²) in [5.74, 6) is -1.10. The third kappa shape index (κ3) is 3.55. The first-order chi connectivity index (χ1) is 9.56. The molecule has 2 amide bonds. The van der Waals surface area contributed by atoms with E-state index in [0.717, 1.165) is 4.47 Å². The van der Waals surface area contributed by atoms with Crippen molar-refractivity contribution in [3.8, 4) is 0 Å². The summed E-state index contributed by atoms with van der Waals surface area (Å²) in [5, 5.41) is 14.0. The molecule has 0 radical (unpaired) electrons. The molecule has 0 saturated carbocycles. The van der Waals surface area contributed by atoms with Crippen molar-refractivity contribution in [1.82, 2.24) is 4.98 Å². The lowest BCUT2D eigenvalue weighted by Crippen LogP contribution is -2.20. The molecule has 1 heterocycles. The lowest BCUT2D eigenvalue weighted by molar-refractivity contribution is 0.0696. The Morgan fingerprint density at radius 1 is 1.15 bits per heavy atom. The number of rotatable bonds is 3. The minimum Gasteiger partial charge on any atom is -0.478 e. The number of aromatic nitrogens is 1. The van der Waals surface area contributed by atoms with Gasteiger partial charge in [0.2, 0.25) is 0 Å². The van der Waals surface area contributed by atoms with Crippen LogP contribution in [0.1, 0.15) is 10.4 Å². The predicted molar refractivity (Wildman–Crippen MR) is 78.0 cm³/mol. The Bertz CT molecular complexity index is 661. The normalized spacial score (nSPS) is 9.85. The Morgan fingerprint density at radius 3 is 2.60 bits per heavy atom. The number of benzene rings is 1. The van der Waals surface area contributed by atoms with Crippen molar-refractivity contribution < 1.29 is 14.7 Å². The summed E-state index contributed by atoms with van der Waals surface area (Å²) in [5.41, 5.74) is 0.908. The highest BCUT2D eigenvalue weighted by Gasteiger charge is 2.08. The molecule has 0 bridgehead atoms. The van der Waals surface area contributed by atoms with E-state index in [-0.39, 0.29) is 5.56 Å². The van der Waals surface area contributed by atoms with Crippen LogP contribution in [-0.2, 0) is 0 Å². The van der Waals surface area contributed by atoms with Crippen molar-refractivity contribution in [2.24, 2.45) is 0 Å². The zero-order valence-electron chi connectivity index (χ0n) is 10.1. The molecule has 2 aromatic rings. The molecule has 0 aliphatic rings. The zero-order chi connectivity index (χ0) is 14.5. The van der Waals surface area contributed by atoms with E-state index in [9.17, 15) is 9.59 Å². The molecule has 0 aliphatic carbocycles. The van der Waals surface area contributed by atoms with Gasteiger partial charge in [0.25, 0.3) is 0 Å². The molecule has 0 spiro atoms. The van der Waals surface area contributed by atoms with E-state index in [0.29, 0.717) is 11.4 Å². The molecule has 3 N–H and O–H groups in total. The van der Waals surface area contributed by atoms with Crippen molar-refractivity contribution in [2.45, 2.75) is 0 Å². The lowest BCUT2D eigenvalue weighted by Gasteiger charge is -2.09. The Balaban J connectivity index is 2.07. The van der Waals surface area contributed by atoms with Gasteiger partial charge in [-0.1, -0.05) is 12.1 Å². The number of urea groups is 1. The van der Waals surface area contributed by atoms with Crippen LogP contribution in [0.4, 0.5) is 16.2 Å². The fraction of sp³-hybridized carbons (Fsp3) is 0. The van der Waals surface area contributed by atoms with Crippen LogP contribution in [0.15, 0.2) is 47.2 Å². The summed E-state index contributed by atoms with van der Waals surface area (Å²) in [6, 6.07) is 7.98. The Labute approximate surface area is 123 Å². The lowest BCUT2D eigenvalue weighted by atomic mass is 10.2. The first kappa shape index (κ1) is 14.0. The SMILES string of the molecule is O=C(Nc1cncc(C(=O)O)c1)Nc1ccccc1Br. The number of hydrogen-bond acceptors (Lipinski definition) is 3. The van der Waals surface area contributed by atoms with Crippen LogP contribution in [0.25, 0.3) is 0 Å². The van der Waals surface area contributed by atoms with Crippen molar-refractivity contribution in [3.63, 3.8) is 0 Å². The van der Waals surface area contributed by atoms with Gasteiger partial charge < -0.3 is 15.7 Å². The number of nitrogens with zero attached hydrogens (tertiary/aromatic N) is 1. The first-order valence-corrected chi connectivity index (χ1v) is 6.36. The van der Waals surface area contributed by atoms with Crippen LogP contribution in [0.5, 0.6) is 0 Å². The molecule has 6 nitrogen and oxygen atoms in total. The van der Waals surface area contributed by atoms with Gasteiger partial charge in [-0.15, -0.1) is 0 Å². The minimum atomic E-state index is -1.10. The van der Waals surface area contributed by atoms with Crippen LogP contribution in [0.2, 0.25) is 0 Å². The summed E-state index contributed by atoms with van der Waals surface area (Å²) < 4.78 is 0.743. The van der Waals surface area contributed by atoms with Crippen LogP contribution < -0.4 is 10.6 Å². The average Bonchev–Trinajstić information content (AvgIpc) is 2.41. The number of hydrogen-bond donors (Lipinski definition) is 3. The maximum atomic E-state index is 11.8. The van der Waals surface area contributed by atoms with Crippen LogP contribution in [0.3, 0.4) is 0 Å². The number of carbonyl (C=O) groups is 2.